The fraction of sp³-hybridized carbons (Fsp3) is 0.889. The van der Waals surface area contributed by atoms with E-state index in [1.807, 2.05) is 6.92 Å². The SMILES string of the molecule is CCN(C)C(=O)N(C)CC(N)COC. The molecule has 0 aliphatic rings. The van der Waals surface area contributed by atoms with E-state index in [2.05, 4.69) is 0 Å². The van der Waals surface area contributed by atoms with Crippen LogP contribution < -0.4 is 5.73 Å². The lowest BCUT2D eigenvalue weighted by atomic mass is 10.3. The quantitative estimate of drug-likeness (QED) is 0.682. The molecule has 84 valence electrons. The number of methoxy groups -OCH3 is 1. The summed E-state index contributed by atoms with van der Waals surface area (Å²) < 4.78 is 4.89. The molecule has 1 atom stereocenters. The van der Waals surface area contributed by atoms with E-state index in [1.165, 1.54) is 0 Å². The molecule has 0 aromatic heterocycles. The Balaban J connectivity index is 3.94. The summed E-state index contributed by atoms with van der Waals surface area (Å²) in [4.78, 5) is 14.8. The van der Waals surface area contributed by atoms with E-state index < -0.39 is 0 Å². The van der Waals surface area contributed by atoms with Crippen LogP contribution in [0.4, 0.5) is 4.79 Å². The van der Waals surface area contributed by atoms with E-state index in [4.69, 9.17) is 10.5 Å². The largest absolute Gasteiger partial charge is 0.383 e. The maximum Gasteiger partial charge on any atom is 0.319 e. The standard InChI is InChI=1S/C9H21N3O2/c1-5-11(2)9(13)12(3)6-8(10)7-14-4/h8H,5-7,10H2,1-4H3. The van der Waals surface area contributed by atoms with E-state index in [0.717, 1.165) is 0 Å². The van der Waals surface area contributed by atoms with Gasteiger partial charge in [-0.1, -0.05) is 0 Å². The van der Waals surface area contributed by atoms with Crippen LogP contribution in [0.5, 0.6) is 0 Å². The molecule has 5 heteroatoms. The number of nitrogens with two attached hydrogens (primary N) is 1. The number of amides is 2. The molecule has 0 aliphatic heterocycles. The molecule has 0 fully saturated rings. The maximum atomic E-state index is 11.6. The van der Waals surface area contributed by atoms with Gasteiger partial charge in [-0.05, 0) is 6.92 Å². The van der Waals surface area contributed by atoms with Crippen molar-refractivity contribution in [2.45, 2.75) is 13.0 Å². The van der Waals surface area contributed by atoms with E-state index in [9.17, 15) is 4.79 Å². The third-order valence-corrected chi connectivity index (χ3v) is 2.02. The molecule has 0 aromatic rings. The van der Waals surface area contributed by atoms with Crippen molar-refractivity contribution in [3.8, 4) is 0 Å². The summed E-state index contributed by atoms with van der Waals surface area (Å²) in [6, 6.07) is -0.141. The Kier molecular flexibility index (Phi) is 6.23. The molecule has 5 nitrogen and oxygen atoms in total. The number of hydrogen-bond acceptors (Lipinski definition) is 3. The van der Waals surface area contributed by atoms with Gasteiger partial charge >= 0.3 is 6.03 Å². The molecule has 0 aliphatic carbocycles. The molecule has 0 spiro atoms. The minimum Gasteiger partial charge on any atom is -0.383 e. The first-order valence-electron chi connectivity index (χ1n) is 4.73. The molecule has 0 radical (unpaired) electrons. The topological polar surface area (TPSA) is 58.8 Å². The first-order valence-corrected chi connectivity index (χ1v) is 4.73. The molecule has 0 saturated carbocycles. The lowest BCUT2D eigenvalue weighted by molar-refractivity contribution is 0.148. The molecule has 0 aromatic carbocycles. The summed E-state index contributed by atoms with van der Waals surface area (Å²) in [5.41, 5.74) is 5.73. The Morgan fingerprint density at radius 3 is 2.43 bits per heavy atom. The van der Waals surface area contributed by atoms with Gasteiger partial charge in [-0.3, -0.25) is 0 Å². The molecular weight excluding hydrogens is 182 g/mol. The predicted octanol–water partition coefficient (Wildman–Crippen LogP) is -0.0364. The van der Waals surface area contributed by atoms with Gasteiger partial charge in [0.05, 0.1) is 6.61 Å². The van der Waals surface area contributed by atoms with Crippen molar-refractivity contribution in [2.75, 3.05) is 40.9 Å². The Labute approximate surface area is 85.8 Å². The monoisotopic (exact) mass is 203 g/mol. The smallest absolute Gasteiger partial charge is 0.319 e. The number of nitrogens with zero attached hydrogens (tertiary/aromatic N) is 2. The van der Waals surface area contributed by atoms with Crippen molar-refractivity contribution in [1.82, 2.24) is 9.80 Å². The van der Waals surface area contributed by atoms with Crippen LogP contribution in [0.3, 0.4) is 0 Å². The molecule has 2 N–H and O–H groups in total. The highest BCUT2D eigenvalue weighted by molar-refractivity contribution is 5.73. The van der Waals surface area contributed by atoms with Crippen LogP contribution in [-0.4, -0.2) is 62.8 Å². The average Bonchev–Trinajstić information content (AvgIpc) is 2.15. The van der Waals surface area contributed by atoms with Crippen LogP contribution in [0.2, 0.25) is 0 Å². The Bertz CT molecular complexity index is 175. The van der Waals surface area contributed by atoms with Crippen LogP contribution in [0.25, 0.3) is 0 Å². The highest BCUT2D eigenvalue weighted by Gasteiger charge is 2.14. The molecule has 2 amide bonds. The third kappa shape index (κ3) is 4.43. The van der Waals surface area contributed by atoms with E-state index in [0.29, 0.717) is 19.7 Å². The van der Waals surface area contributed by atoms with Gasteiger partial charge in [-0.2, -0.15) is 0 Å². The Morgan fingerprint density at radius 2 is 2.00 bits per heavy atom. The number of ether oxygens (including phenoxy) is 1. The Morgan fingerprint density at radius 1 is 1.43 bits per heavy atom. The minimum absolute atomic E-state index is 0.0148. The lowest BCUT2D eigenvalue weighted by Gasteiger charge is -2.25. The van der Waals surface area contributed by atoms with Crippen molar-refractivity contribution in [2.24, 2.45) is 5.73 Å². The second-order valence-electron chi connectivity index (χ2n) is 3.39. The molecule has 0 saturated heterocycles. The van der Waals surface area contributed by atoms with Crippen molar-refractivity contribution in [3.05, 3.63) is 0 Å². The van der Waals surface area contributed by atoms with Crippen LogP contribution in [0.1, 0.15) is 6.92 Å². The van der Waals surface area contributed by atoms with E-state index in [-0.39, 0.29) is 12.1 Å². The van der Waals surface area contributed by atoms with Gasteiger partial charge in [-0.15, -0.1) is 0 Å². The normalized spacial score (nSPS) is 12.4. The molecule has 14 heavy (non-hydrogen) atoms. The van der Waals surface area contributed by atoms with Crippen LogP contribution in [-0.2, 0) is 4.74 Å². The molecule has 0 rings (SSSR count). The second-order valence-corrected chi connectivity index (χ2v) is 3.39. The van der Waals surface area contributed by atoms with Gasteiger partial charge in [-0.25, -0.2) is 4.79 Å². The number of likely N-dealkylation sites (N-methyl/N-ethyl adjacent to an activating group) is 1. The average molecular weight is 203 g/mol. The van der Waals surface area contributed by atoms with Crippen molar-refractivity contribution >= 4 is 6.03 Å². The number of carbonyl (C=O) groups is 1. The maximum absolute atomic E-state index is 11.6. The van der Waals surface area contributed by atoms with E-state index in [1.54, 1.807) is 31.0 Å². The van der Waals surface area contributed by atoms with Crippen LogP contribution in [0.15, 0.2) is 0 Å². The summed E-state index contributed by atoms with van der Waals surface area (Å²) >= 11 is 0. The third-order valence-electron chi connectivity index (χ3n) is 2.02. The molecular formula is C9H21N3O2. The zero-order valence-electron chi connectivity index (χ0n) is 9.49. The Hall–Kier alpha value is -0.810. The number of carbonyl (C=O) groups excluding carboxylic acids is 1. The van der Waals surface area contributed by atoms with Gasteiger partial charge in [0.2, 0.25) is 0 Å². The van der Waals surface area contributed by atoms with Crippen LogP contribution >= 0.6 is 0 Å². The minimum atomic E-state index is -0.126. The second kappa shape index (κ2) is 6.62. The first kappa shape index (κ1) is 13.2. The van der Waals surface area contributed by atoms with Gasteiger partial charge in [0.25, 0.3) is 0 Å². The number of urea groups is 1. The van der Waals surface area contributed by atoms with Crippen LogP contribution in [0, 0.1) is 0 Å². The van der Waals surface area contributed by atoms with Gasteiger partial charge in [0.1, 0.15) is 0 Å². The summed E-state index contributed by atoms with van der Waals surface area (Å²) in [5, 5.41) is 0. The van der Waals surface area contributed by atoms with Gasteiger partial charge in [0, 0.05) is 40.3 Å². The molecule has 0 bridgehead atoms. The van der Waals surface area contributed by atoms with Gasteiger partial charge in [0.15, 0.2) is 0 Å². The highest BCUT2D eigenvalue weighted by Crippen LogP contribution is 1.95. The molecule has 0 heterocycles. The fourth-order valence-electron chi connectivity index (χ4n) is 1.12. The van der Waals surface area contributed by atoms with Crippen molar-refractivity contribution in [1.29, 1.82) is 0 Å². The summed E-state index contributed by atoms with van der Waals surface area (Å²) in [5.74, 6) is 0. The zero-order chi connectivity index (χ0) is 11.1. The summed E-state index contributed by atoms with van der Waals surface area (Å²) in [7, 11) is 5.10. The lowest BCUT2D eigenvalue weighted by Crippen LogP contribution is -2.45. The number of hydrogen-bond donors (Lipinski definition) is 1. The fourth-order valence-corrected chi connectivity index (χ4v) is 1.12. The zero-order valence-corrected chi connectivity index (χ0v) is 9.49. The van der Waals surface area contributed by atoms with E-state index >= 15 is 0 Å². The van der Waals surface area contributed by atoms with Crippen molar-refractivity contribution in [3.63, 3.8) is 0 Å². The summed E-state index contributed by atoms with van der Waals surface area (Å²) in [6.45, 7) is 3.61. The highest BCUT2D eigenvalue weighted by atomic mass is 16.5. The van der Waals surface area contributed by atoms with Gasteiger partial charge < -0.3 is 20.3 Å². The van der Waals surface area contributed by atoms with Crippen molar-refractivity contribution < 1.29 is 9.53 Å². The molecule has 1 unspecified atom stereocenters. The predicted molar refractivity (Wildman–Crippen MR) is 56.2 cm³/mol. The summed E-state index contributed by atoms with van der Waals surface area (Å²) in [6.07, 6.45) is 0. The first-order chi connectivity index (χ1) is 6.52. The number of rotatable bonds is 5.